The molecule has 0 unspecified atom stereocenters. The maximum Gasteiger partial charge on any atom is 0.0372 e. The van der Waals surface area contributed by atoms with Gasteiger partial charge in [-0.3, -0.25) is 0 Å². The van der Waals surface area contributed by atoms with Crippen LogP contribution in [0.1, 0.15) is 49.7 Å². The molecule has 0 spiro atoms. The van der Waals surface area contributed by atoms with Crippen molar-refractivity contribution in [2.24, 2.45) is 0 Å². The fourth-order valence-electron chi connectivity index (χ4n) is 9.30. The van der Waals surface area contributed by atoms with E-state index in [4.69, 9.17) is 6.58 Å². The summed E-state index contributed by atoms with van der Waals surface area (Å²) in [6.45, 7) is 9.22. The molecule has 0 saturated carbocycles. The van der Waals surface area contributed by atoms with Crippen molar-refractivity contribution < 1.29 is 0 Å². The Morgan fingerprint density at radius 2 is 0.808 bits per heavy atom. The molecule has 0 amide bonds. The highest BCUT2D eigenvalue weighted by Gasteiger charge is 2.26. The lowest BCUT2D eigenvalue weighted by Crippen LogP contribution is -2.29. The van der Waals surface area contributed by atoms with Gasteiger partial charge in [-0.25, -0.2) is 0 Å². The normalized spacial score (nSPS) is 15.7. The van der Waals surface area contributed by atoms with Crippen LogP contribution in [0, 0.1) is 0 Å². The van der Waals surface area contributed by atoms with Crippen LogP contribution in [0.15, 0.2) is 140 Å². The zero-order chi connectivity index (χ0) is 34.6. The molecule has 0 bridgehead atoms. The largest absolute Gasteiger partial charge is 0.372 e. The van der Waals surface area contributed by atoms with Gasteiger partial charge in [0.1, 0.15) is 0 Å². The summed E-state index contributed by atoms with van der Waals surface area (Å²) in [6, 6.07) is 50.4. The molecule has 3 aliphatic rings. The second-order valence-electron chi connectivity index (χ2n) is 15.0. The molecular formula is C50H44N2. The van der Waals surface area contributed by atoms with E-state index in [2.05, 4.69) is 143 Å². The second-order valence-corrected chi connectivity index (χ2v) is 15.0. The standard InChI is InChI=1S/C50H44N2/c1-34-45-30-37(35-14-6-2-7-15-35)18-22-41(45)42-23-19-38(31-46(34)42)50-44-25-21-39(51-26-10-4-11-27-51)32-47(44)49(36-16-8-3-9-17-36)43-24-20-40(33-48(43)50)52-28-12-5-13-29-52/h2-3,6-9,14-25,30-33H,1,4-5,10-13,26-29H2. The Labute approximate surface area is 307 Å². The number of nitrogens with zero attached hydrogens (tertiary/aromatic N) is 2. The van der Waals surface area contributed by atoms with Gasteiger partial charge < -0.3 is 9.80 Å². The molecular weight excluding hydrogens is 629 g/mol. The third kappa shape index (κ3) is 5.23. The van der Waals surface area contributed by atoms with E-state index in [0.717, 1.165) is 31.8 Å². The maximum atomic E-state index is 4.71. The van der Waals surface area contributed by atoms with E-state index >= 15 is 0 Å². The molecule has 2 nitrogen and oxygen atoms in total. The minimum Gasteiger partial charge on any atom is -0.372 e. The third-order valence-corrected chi connectivity index (χ3v) is 12.0. The summed E-state index contributed by atoms with van der Waals surface area (Å²) in [5.41, 5.74) is 16.5. The SMILES string of the molecule is C=C1c2cc(-c3ccccc3)ccc2-c2ccc(-c3c4ccc(N5CCCCC5)cc4c(-c4ccccc4)c4ccc(N5CCCCC5)cc34)cc21. The van der Waals surface area contributed by atoms with E-state index in [9.17, 15) is 0 Å². The van der Waals surface area contributed by atoms with Gasteiger partial charge in [0.2, 0.25) is 0 Å². The van der Waals surface area contributed by atoms with Crippen molar-refractivity contribution in [3.05, 3.63) is 151 Å². The van der Waals surface area contributed by atoms with Gasteiger partial charge in [-0.15, -0.1) is 0 Å². The monoisotopic (exact) mass is 672 g/mol. The summed E-state index contributed by atoms with van der Waals surface area (Å²) in [5, 5.41) is 5.29. The van der Waals surface area contributed by atoms with Gasteiger partial charge in [0.25, 0.3) is 0 Å². The molecule has 0 N–H and O–H groups in total. The lowest BCUT2D eigenvalue weighted by atomic mass is 9.84. The van der Waals surface area contributed by atoms with Crippen LogP contribution in [0.25, 0.3) is 71.6 Å². The van der Waals surface area contributed by atoms with E-state index in [-0.39, 0.29) is 0 Å². The molecule has 2 fully saturated rings. The number of hydrogen-bond donors (Lipinski definition) is 0. The van der Waals surface area contributed by atoms with Crippen molar-refractivity contribution in [3.63, 3.8) is 0 Å². The molecule has 7 aromatic carbocycles. The number of benzene rings is 7. The maximum absolute atomic E-state index is 4.71. The highest BCUT2D eigenvalue weighted by atomic mass is 15.1. The molecule has 10 rings (SSSR count). The van der Waals surface area contributed by atoms with Gasteiger partial charge in [-0.2, -0.15) is 0 Å². The number of piperidine rings is 2. The quantitative estimate of drug-likeness (QED) is 0.168. The predicted molar refractivity (Wildman–Crippen MR) is 223 cm³/mol. The van der Waals surface area contributed by atoms with Crippen LogP contribution in [-0.2, 0) is 0 Å². The molecule has 52 heavy (non-hydrogen) atoms. The molecule has 0 radical (unpaired) electrons. The Morgan fingerprint density at radius 1 is 0.346 bits per heavy atom. The third-order valence-electron chi connectivity index (χ3n) is 12.0. The van der Waals surface area contributed by atoms with Gasteiger partial charge >= 0.3 is 0 Å². The van der Waals surface area contributed by atoms with Crippen LogP contribution in [0.2, 0.25) is 0 Å². The van der Waals surface area contributed by atoms with Gasteiger partial charge in [-0.05, 0) is 158 Å². The first-order valence-corrected chi connectivity index (χ1v) is 19.3. The molecule has 0 aromatic heterocycles. The number of fused-ring (bicyclic) bond motifs is 5. The van der Waals surface area contributed by atoms with E-state index in [1.165, 1.54) is 127 Å². The van der Waals surface area contributed by atoms with E-state index in [1.807, 2.05) is 0 Å². The smallest absolute Gasteiger partial charge is 0.0372 e. The molecule has 2 aliphatic heterocycles. The molecule has 2 heteroatoms. The number of anilines is 2. The van der Waals surface area contributed by atoms with Crippen LogP contribution >= 0.6 is 0 Å². The van der Waals surface area contributed by atoms with Gasteiger partial charge in [0.15, 0.2) is 0 Å². The van der Waals surface area contributed by atoms with E-state index in [1.54, 1.807) is 0 Å². The van der Waals surface area contributed by atoms with Crippen LogP contribution in [-0.4, -0.2) is 26.2 Å². The first-order valence-electron chi connectivity index (χ1n) is 19.3. The average Bonchev–Trinajstić information content (AvgIpc) is 3.50. The lowest BCUT2D eigenvalue weighted by molar-refractivity contribution is 0.578. The molecule has 7 aromatic rings. The molecule has 254 valence electrons. The second kappa shape index (κ2) is 12.9. The fraction of sp³-hybridized carbons (Fsp3) is 0.200. The van der Waals surface area contributed by atoms with E-state index in [0.29, 0.717) is 0 Å². The summed E-state index contributed by atoms with van der Waals surface area (Å²) in [6.07, 6.45) is 7.70. The lowest BCUT2D eigenvalue weighted by Gasteiger charge is -2.30. The van der Waals surface area contributed by atoms with Gasteiger partial charge in [0, 0.05) is 37.6 Å². The van der Waals surface area contributed by atoms with Crippen LogP contribution in [0.4, 0.5) is 11.4 Å². The summed E-state index contributed by atoms with van der Waals surface area (Å²) >= 11 is 0. The minimum atomic E-state index is 1.11. The van der Waals surface area contributed by atoms with Crippen molar-refractivity contribution in [1.29, 1.82) is 0 Å². The Balaban J connectivity index is 1.20. The molecule has 1 aliphatic carbocycles. The first-order chi connectivity index (χ1) is 25.7. The highest BCUT2D eigenvalue weighted by molar-refractivity contribution is 6.22. The Bertz CT molecular complexity index is 2480. The first kappa shape index (κ1) is 31.2. The average molecular weight is 673 g/mol. The van der Waals surface area contributed by atoms with Gasteiger partial charge in [0.05, 0.1) is 0 Å². The number of hydrogen-bond acceptors (Lipinski definition) is 2. The van der Waals surface area contributed by atoms with Crippen molar-refractivity contribution in [2.45, 2.75) is 38.5 Å². The van der Waals surface area contributed by atoms with Crippen molar-refractivity contribution in [3.8, 4) is 44.5 Å². The molecule has 2 saturated heterocycles. The topological polar surface area (TPSA) is 6.48 Å². The van der Waals surface area contributed by atoms with E-state index < -0.39 is 0 Å². The van der Waals surface area contributed by atoms with Crippen molar-refractivity contribution in [2.75, 3.05) is 36.0 Å². The van der Waals surface area contributed by atoms with Crippen molar-refractivity contribution in [1.82, 2.24) is 0 Å². The summed E-state index contributed by atoms with van der Waals surface area (Å²) < 4.78 is 0. The fourth-order valence-corrected chi connectivity index (χ4v) is 9.30. The highest BCUT2D eigenvalue weighted by Crippen LogP contribution is 2.50. The van der Waals surface area contributed by atoms with Gasteiger partial charge in [-0.1, -0.05) is 104 Å². The Kier molecular flexibility index (Phi) is 7.71. The van der Waals surface area contributed by atoms with Crippen LogP contribution in [0.5, 0.6) is 0 Å². The summed E-state index contributed by atoms with van der Waals surface area (Å²) in [4.78, 5) is 5.20. The number of rotatable bonds is 5. The van der Waals surface area contributed by atoms with Crippen LogP contribution in [0.3, 0.4) is 0 Å². The summed E-state index contributed by atoms with van der Waals surface area (Å²) in [7, 11) is 0. The zero-order valence-electron chi connectivity index (χ0n) is 29.9. The minimum absolute atomic E-state index is 1.11. The Hall–Kier alpha value is -5.60. The predicted octanol–water partition coefficient (Wildman–Crippen LogP) is 13.0. The molecule has 0 atom stereocenters. The summed E-state index contributed by atoms with van der Waals surface area (Å²) in [5.74, 6) is 0. The van der Waals surface area contributed by atoms with Crippen molar-refractivity contribution >= 4 is 38.5 Å². The molecule has 2 heterocycles. The van der Waals surface area contributed by atoms with Crippen LogP contribution < -0.4 is 9.80 Å². The zero-order valence-corrected chi connectivity index (χ0v) is 29.9. The Morgan fingerprint density at radius 3 is 1.35 bits per heavy atom.